The van der Waals surface area contributed by atoms with Gasteiger partial charge in [0.25, 0.3) is 0 Å². The average molecular weight is 234 g/mol. The van der Waals surface area contributed by atoms with Gasteiger partial charge in [0.05, 0.1) is 0 Å². The van der Waals surface area contributed by atoms with E-state index in [1.54, 1.807) is 0 Å². The van der Waals surface area contributed by atoms with E-state index in [1.165, 1.54) is 25.7 Å². The fourth-order valence-corrected chi connectivity index (χ4v) is 3.00. The van der Waals surface area contributed by atoms with Gasteiger partial charge in [0.1, 0.15) is 0 Å². The molecule has 0 spiro atoms. The first-order valence-electron chi connectivity index (χ1n) is 6.62. The molecule has 0 unspecified atom stereocenters. The van der Waals surface area contributed by atoms with Crippen LogP contribution in [-0.4, -0.2) is 5.26 Å². The summed E-state index contributed by atoms with van der Waals surface area (Å²) in [5.74, 6) is 2.84. The Morgan fingerprint density at radius 1 is 1.12 bits per heavy atom. The highest BCUT2D eigenvalue weighted by molar-refractivity contribution is 5.36. The standard InChI is InChI=1S/C15H22O2/c1-11(2)12-7-9-13(10-8-12)14-5-3-4-6-15(14)17-16/h3-6,11-13,16H,7-10H2,1-2H3. The molecule has 0 amide bonds. The van der Waals surface area contributed by atoms with Crippen molar-refractivity contribution in [1.29, 1.82) is 0 Å². The molecule has 2 nitrogen and oxygen atoms in total. The van der Waals surface area contributed by atoms with Crippen molar-refractivity contribution in [3.8, 4) is 5.75 Å². The Balaban J connectivity index is 2.05. The summed E-state index contributed by atoms with van der Waals surface area (Å²) in [7, 11) is 0. The predicted octanol–water partition coefficient (Wildman–Crippen LogP) is 4.47. The van der Waals surface area contributed by atoms with Crippen LogP contribution in [0, 0.1) is 11.8 Å². The van der Waals surface area contributed by atoms with Gasteiger partial charge in [-0.3, -0.25) is 0 Å². The van der Waals surface area contributed by atoms with Crippen LogP contribution in [0.3, 0.4) is 0 Å². The molecule has 1 fully saturated rings. The molecule has 94 valence electrons. The lowest BCUT2D eigenvalue weighted by atomic mass is 9.74. The Morgan fingerprint density at radius 2 is 1.76 bits per heavy atom. The molecule has 0 radical (unpaired) electrons. The van der Waals surface area contributed by atoms with E-state index in [1.807, 2.05) is 18.2 Å². The van der Waals surface area contributed by atoms with Gasteiger partial charge >= 0.3 is 0 Å². The van der Waals surface area contributed by atoms with Crippen LogP contribution >= 0.6 is 0 Å². The van der Waals surface area contributed by atoms with Crippen molar-refractivity contribution in [3.63, 3.8) is 0 Å². The van der Waals surface area contributed by atoms with Crippen LogP contribution < -0.4 is 4.89 Å². The lowest BCUT2D eigenvalue weighted by Gasteiger charge is -2.31. The van der Waals surface area contributed by atoms with Crippen LogP contribution in [0.1, 0.15) is 51.0 Å². The summed E-state index contributed by atoms with van der Waals surface area (Å²) in [6, 6.07) is 7.83. The molecule has 0 aromatic heterocycles. The predicted molar refractivity (Wildman–Crippen MR) is 69.2 cm³/mol. The third-order valence-electron chi connectivity index (χ3n) is 4.17. The maximum Gasteiger partial charge on any atom is 0.168 e. The minimum Gasteiger partial charge on any atom is -0.340 e. The van der Waals surface area contributed by atoms with Gasteiger partial charge in [0.2, 0.25) is 0 Å². The smallest absolute Gasteiger partial charge is 0.168 e. The molecule has 0 bridgehead atoms. The fourth-order valence-electron chi connectivity index (χ4n) is 3.00. The van der Waals surface area contributed by atoms with Crippen molar-refractivity contribution in [2.45, 2.75) is 45.4 Å². The molecule has 1 aliphatic carbocycles. The summed E-state index contributed by atoms with van der Waals surface area (Å²) >= 11 is 0. The van der Waals surface area contributed by atoms with Gasteiger partial charge in [-0.25, -0.2) is 5.26 Å². The average Bonchev–Trinajstić information content (AvgIpc) is 2.39. The van der Waals surface area contributed by atoms with Gasteiger partial charge in [0, 0.05) is 5.56 Å². The van der Waals surface area contributed by atoms with Crippen molar-refractivity contribution in [3.05, 3.63) is 29.8 Å². The van der Waals surface area contributed by atoms with E-state index in [0.29, 0.717) is 11.7 Å². The number of para-hydroxylation sites is 1. The largest absolute Gasteiger partial charge is 0.340 e. The third kappa shape index (κ3) is 2.81. The normalized spacial score (nSPS) is 24.9. The van der Waals surface area contributed by atoms with Crippen LogP contribution in [-0.2, 0) is 0 Å². The number of hydrogen-bond donors (Lipinski definition) is 1. The van der Waals surface area contributed by atoms with Gasteiger partial charge in [-0.2, -0.15) is 0 Å². The highest BCUT2D eigenvalue weighted by atomic mass is 17.1. The van der Waals surface area contributed by atoms with E-state index in [2.05, 4.69) is 24.8 Å². The van der Waals surface area contributed by atoms with Crippen LogP contribution in [0.15, 0.2) is 24.3 Å². The zero-order valence-electron chi connectivity index (χ0n) is 10.7. The maximum absolute atomic E-state index is 8.89. The monoisotopic (exact) mass is 234 g/mol. The van der Waals surface area contributed by atoms with Crippen molar-refractivity contribution >= 4 is 0 Å². The molecule has 1 aromatic carbocycles. The fraction of sp³-hybridized carbons (Fsp3) is 0.600. The Labute approximate surface area is 104 Å². The number of benzene rings is 1. The summed E-state index contributed by atoms with van der Waals surface area (Å²) in [5.41, 5.74) is 1.16. The molecule has 1 N–H and O–H groups in total. The number of rotatable bonds is 3. The molecule has 2 heteroatoms. The minimum atomic E-state index is 0.549. The summed E-state index contributed by atoms with van der Waals surface area (Å²) in [5, 5.41) is 8.89. The highest BCUT2D eigenvalue weighted by Gasteiger charge is 2.25. The second kappa shape index (κ2) is 5.54. The molecule has 1 aliphatic rings. The van der Waals surface area contributed by atoms with E-state index in [4.69, 9.17) is 5.26 Å². The van der Waals surface area contributed by atoms with Crippen LogP contribution in [0.25, 0.3) is 0 Å². The summed E-state index contributed by atoms with van der Waals surface area (Å²) in [6.45, 7) is 4.63. The lowest BCUT2D eigenvalue weighted by Crippen LogP contribution is -2.17. The van der Waals surface area contributed by atoms with Crippen LogP contribution in [0.4, 0.5) is 0 Å². The SMILES string of the molecule is CC(C)C1CCC(c2ccccc2OO)CC1. The quantitative estimate of drug-likeness (QED) is 0.617. The molecule has 1 aromatic rings. The lowest BCUT2D eigenvalue weighted by molar-refractivity contribution is -0.138. The molecule has 17 heavy (non-hydrogen) atoms. The highest BCUT2D eigenvalue weighted by Crippen LogP contribution is 2.41. The number of hydrogen-bond acceptors (Lipinski definition) is 2. The zero-order valence-corrected chi connectivity index (χ0v) is 10.7. The van der Waals surface area contributed by atoms with Crippen molar-refractivity contribution in [2.75, 3.05) is 0 Å². The van der Waals surface area contributed by atoms with E-state index in [0.717, 1.165) is 17.4 Å². The van der Waals surface area contributed by atoms with Crippen LogP contribution in [0.5, 0.6) is 5.75 Å². The first-order valence-corrected chi connectivity index (χ1v) is 6.62. The molecule has 0 saturated heterocycles. The van der Waals surface area contributed by atoms with E-state index >= 15 is 0 Å². The van der Waals surface area contributed by atoms with Crippen LogP contribution in [0.2, 0.25) is 0 Å². The van der Waals surface area contributed by atoms with E-state index in [9.17, 15) is 0 Å². The topological polar surface area (TPSA) is 29.5 Å². The summed E-state index contributed by atoms with van der Waals surface area (Å²) in [6.07, 6.45) is 5.01. The molecule has 0 atom stereocenters. The van der Waals surface area contributed by atoms with Gasteiger partial charge < -0.3 is 4.89 Å². The first kappa shape index (κ1) is 12.4. The third-order valence-corrected chi connectivity index (χ3v) is 4.17. The summed E-state index contributed by atoms with van der Waals surface area (Å²) in [4.78, 5) is 4.47. The zero-order chi connectivity index (χ0) is 12.3. The molecule has 0 aliphatic heterocycles. The Hall–Kier alpha value is -1.02. The van der Waals surface area contributed by atoms with Crippen molar-refractivity contribution in [2.24, 2.45) is 11.8 Å². The molecular weight excluding hydrogens is 212 g/mol. The first-order chi connectivity index (χ1) is 8.22. The molecule has 1 saturated carbocycles. The van der Waals surface area contributed by atoms with Gasteiger partial charge in [-0.1, -0.05) is 32.0 Å². The molecular formula is C15H22O2. The second-order valence-corrected chi connectivity index (χ2v) is 5.48. The maximum atomic E-state index is 8.89. The Morgan fingerprint density at radius 3 is 2.35 bits per heavy atom. The van der Waals surface area contributed by atoms with Gasteiger partial charge in [-0.15, -0.1) is 0 Å². The van der Waals surface area contributed by atoms with Gasteiger partial charge in [0.15, 0.2) is 5.75 Å². The molecule has 0 heterocycles. The van der Waals surface area contributed by atoms with E-state index in [-0.39, 0.29) is 0 Å². The van der Waals surface area contributed by atoms with Crippen molar-refractivity contribution < 1.29 is 10.1 Å². The molecule has 2 rings (SSSR count). The Kier molecular flexibility index (Phi) is 4.06. The minimum absolute atomic E-state index is 0.549. The van der Waals surface area contributed by atoms with Gasteiger partial charge in [-0.05, 0) is 49.5 Å². The van der Waals surface area contributed by atoms with Crippen molar-refractivity contribution in [1.82, 2.24) is 0 Å². The Bertz CT molecular complexity index is 352. The summed E-state index contributed by atoms with van der Waals surface area (Å²) < 4.78 is 0. The van der Waals surface area contributed by atoms with E-state index < -0.39 is 0 Å². The second-order valence-electron chi connectivity index (χ2n) is 5.48.